The van der Waals surface area contributed by atoms with Gasteiger partial charge < -0.3 is 10.1 Å². The topological polar surface area (TPSA) is 90.3 Å². The highest BCUT2D eigenvalue weighted by Gasteiger charge is 2.28. The Kier molecular flexibility index (Phi) is 5.75. The highest BCUT2D eigenvalue weighted by molar-refractivity contribution is 5.89. The number of amides is 1. The highest BCUT2D eigenvalue weighted by Crippen LogP contribution is 2.12. The summed E-state index contributed by atoms with van der Waals surface area (Å²) in [6, 6.07) is 9.81. The number of carbonyl (C=O) groups is 2. The van der Waals surface area contributed by atoms with Crippen molar-refractivity contribution in [3.63, 3.8) is 0 Å². The molecule has 0 aliphatic carbocycles. The molecule has 1 amide bonds. The minimum absolute atomic E-state index is 0.459. The van der Waals surface area contributed by atoms with Crippen LogP contribution in [0, 0.1) is 6.92 Å². The van der Waals surface area contributed by atoms with E-state index in [1.807, 2.05) is 0 Å². The number of para-hydroxylation sites is 1. The van der Waals surface area contributed by atoms with Crippen LogP contribution in [-0.4, -0.2) is 41.0 Å². The van der Waals surface area contributed by atoms with Crippen molar-refractivity contribution in [3.8, 4) is 5.69 Å². The third-order valence-electron chi connectivity index (χ3n) is 3.12. The molecule has 1 aromatic carbocycles. The Morgan fingerprint density at radius 2 is 1.88 bits per heavy atom. The van der Waals surface area contributed by atoms with Gasteiger partial charge in [0, 0.05) is 11.8 Å². The number of nitrogens with zero attached hydrogens (tertiary/aromatic N) is 2. The van der Waals surface area contributed by atoms with Gasteiger partial charge in [-0.1, -0.05) is 18.2 Å². The summed E-state index contributed by atoms with van der Waals surface area (Å²) in [5.41, 5.74) is -0.263. The maximum Gasteiger partial charge on any atom is 0.405 e. The summed E-state index contributed by atoms with van der Waals surface area (Å²) < 4.78 is 41.9. The molecule has 1 N–H and O–H groups in total. The number of hydrogen-bond acceptors (Lipinski definition) is 5. The van der Waals surface area contributed by atoms with Crippen LogP contribution in [0.2, 0.25) is 0 Å². The Balaban J connectivity index is 2.12. The van der Waals surface area contributed by atoms with E-state index in [9.17, 15) is 27.6 Å². The molecule has 0 radical (unpaired) electrons. The fraction of sp³-hybridized carbons (Fsp3) is 0.250. The number of alkyl halides is 3. The van der Waals surface area contributed by atoms with E-state index in [1.165, 1.54) is 10.7 Å². The normalized spacial score (nSPS) is 11.1. The molecule has 138 valence electrons. The average Bonchev–Trinajstić information content (AvgIpc) is 2.58. The molecule has 1 heterocycles. The van der Waals surface area contributed by atoms with Crippen LogP contribution in [0.5, 0.6) is 0 Å². The number of benzene rings is 1. The van der Waals surface area contributed by atoms with Gasteiger partial charge in [0.2, 0.25) is 11.1 Å². The van der Waals surface area contributed by atoms with Crippen molar-refractivity contribution in [3.05, 3.63) is 58.0 Å². The van der Waals surface area contributed by atoms with Gasteiger partial charge >= 0.3 is 12.1 Å². The smallest absolute Gasteiger partial charge is 0.405 e. The number of hydrogen-bond donors (Lipinski definition) is 1. The fourth-order valence-electron chi connectivity index (χ4n) is 1.97. The van der Waals surface area contributed by atoms with Gasteiger partial charge in [-0.05, 0) is 19.1 Å². The van der Waals surface area contributed by atoms with Gasteiger partial charge in [-0.25, -0.2) is 9.48 Å². The van der Waals surface area contributed by atoms with Crippen molar-refractivity contribution in [2.75, 3.05) is 13.2 Å². The van der Waals surface area contributed by atoms with Crippen molar-refractivity contribution in [2.24, 2.45) is 0 Å². The maximum absolute atomic E-state index is 12.0. The summed E-state index contributed by atoms with van der Waals surface area (Å²) in [5, 5.41) is 5.47. The number of nitrogens with one attached hydrogen (secondary N) is 1. The zero-order valence-corrected chi connectivity index (χ0v) is 13.5. The Labute approximate surface area is 145 Å². The van der Waals surface area contributed by atoms with Crippen LogP contribution in [0.25, 0.3) is 5.69 Å². The summed E-state index contributed by atoms with van der Waals surface area (Å²) >= 11 is 0. The summed E-state index contributed by atoms with van der Waals surface area (Å²) in [6.07, 6.45) is -4.58. The van der Waals surface area contributed by atoms with E-state index in [0.717, 1.165) is 0 Å². The number of aryl methyl sites for hydroxylation is 1. The minimum atomic E-state index is -4.58. The van der Waals surface area contributed by atoms with Crippen LogP contribution in [-0.2, 0) is 9.53 Å². The van der Waals surface area contributed by atoms with E-state index in [2.05, 4.69) is 9.84 Å². The largest absolute Gasteiger partial charge is 0.451 e. The van der Waals surface area contributed by atoms with Crippen LogP contribution in [0.15, 0.2) is 41.2 Å². The van der Waals surface area contributed by atoms with Gasteiger partial charge in [-0.3, -0.25) is 9.59 Å². The van der Waals surface area contributed by atoms with E-state index in [1.54, 1.807) is 42.6 Å². The molecule has 0 saturated carbocycles. The molecule has 10 heteroatoms. The summed E-state index contributed by atoms with van der Waals surface area (Å²) in [5.74, 6) is -2.35. The van der Waals surface area contributed by atoms with E-state index < -0.39 is 42.3 Å². The maximum atomic E-state index is 12.0. The Morgan fingerprint density at radius 1 is 1.23 bits per heavy atom. The molecule has 0 atom stereocenters. The Bertz CT molecular complexity index is 863. The molecule has 0 aliphatic heterocycles. The first-order chi connectivity index (χ1) is 12.2. The van der Waals surface area contributed by atoms with Crippen molar-refractivity contribution in [2.45, 2.75) is 13.1 Å². The molecule has 2 aromatic rings. The number of aromatic nitrogens is 2. The molecule has 0 aliphatic rings. The quantitative estimate of drug-likeness (QED) is 0.804. The van der Waals surface area contributed by atoms with Crippen molar-refractivity contribution < 1.29 is 27.5 Å². The Morgan fingerprint density at radius 3 is 2.50 bits per heavy atom. The standard InChI is InChI=1S/C16H14F3N3O4/c1-10-7-12(23)14(21-22(10)11-5-3-2-4-6-11)15(25)26-8-13(24)20-9-16(17,18)19/h2-7H,8-9H2,1H3,(H,20,24). The molecular weight excluding hydrogens is 355 g/mol. The second-order valence-corrected chi connectivity index (χ2v) is 5.21. The van der Waals surface area contributed by atoms with E-state index in [4.69, 9.17) is 0 Å². The summed E-state index contributed by atoms with van der Waals surface area (Å²) in [7, 11) is 0. The molecule has 26 heavy (non-hydrogen) atoms. The average molecular weight is 369 g/mol. The lowest BCUT2D eigenvalue weighted by molar-refractivity contribution is -0.140. The van der Waals surface area contributed by atoms with Crippen molar-refractivity contribution >= 4 is 11.9 Å². The van der Waals surface area contributed by atoms with Gasteiger partial charge in [0.15, 0.2) is 6.61 Å². The number of rotatable bonds is 5. The number of carbonyl (C=O) groups excluding carboxylic acids is 2. The molecule has 1 aromatic heterocycles. The van der Waals surface area contributed by atoms with Crippen molar-refractivity contribution in [1.29, 1.82) is 0 Å². The van der Waals surface area contributed by atoms with Crippen LogP contribution < -0.4 is 10.7 Å². The van der Waals surface area contributed by atoms with Gasteiger partial charge in [-0.2, -0.15) is 18.3 Å². The first kappa shape index (κ1) is 19.2. The zero-order chi connectivity index (χ0) is 19.3. The zero-order valence-electron chi connectivity index (χ0n) is 13.5. The summed E-state index contributed by atoms with van der Waals surface area (Å²) in [4.78, 5) is 35.2. The molecule has 0 unspecified atom stereocenters. The molecule has 0 bridgehead atoms. The van der Waals surface area contributed by atoms with Gasteiger partial charge in [0.1, 0.15) is 6.54 Å². The molecular formula is C16H14F3N3O4. The third-order valence-corrected chi connectivity index (χ3v) is 3.12. The van der Waals surface area contributed by atoms with Crippen LogP contribution in [0.3, 0.4) is 0 Å². The van der Waals surface area contributed by atoms with Gasteiger partial charge in [-0.15, -0.1) is 0 Å². The van der Waals surface area contributed by atoms with E-state index in [0.29, 0.717) is 11.4 Å². The minimum Gasteiger partial charge on any atom is -0.451 e. The fourth-order valence-corrected chi connectivity index (χ4v) is 1.97. The van der Waals surface area contributed by atoms with Crippen LogP contribution >= 0.6 is 0 Å². The van der Waals surface area contributed by atoms with E-state index >= 15 is 0 Å². The molecule has 0 saturated heterocycles. The number of esters is 1. The molecule has 0 spiro atoms. The predicted molar refractivity (Wildman–Crippen MR) is 83.9 cm³/mol. The second kappa shape index (κ2) is 7.81. The van der Waals surface area contributed by atoms with Crippen LogP contribution in [0.4, 0.5) is 13.2 Å². The molecule has 0 fully saturated rings. The van der Waals surface area contributed by atoms with E-state index in [-0.39, 0.29) is 0 Å². The SMILES string of the molecule is Cc1cc(=O)c(C(=O)OCC(=O)NCC(F)(F)F)nn1-c1ccccc1. The number of ether oxygens (including phenoxy) is 1. The monoisotopic (exact) mass is 369 g/mol. The first-order valence-corrected chi connectivity index (χ1v) is 7.34. The van der Waals surface area contributed by atoms with Crippen LogP contribution in [0.1, 0.15) is 16.2 Å². The lowest BCUT2D eigenvalue weighted by Crippen LogP contribution is -2.37. The van der Waals surface area contributed by atoms with Crippen molar-refractivity contribution in [1.82, 2.24) is 15.1 Å². The number of halogens is 3. The first-order valence-electron chi connectivity index (χ1n) is 7.34. The molecule has 2 rings (SSSR count). The third kappa shape index (κ3) is 5.16. The highest BCUT2D eigenvalue weighted by atomic mass is 19.4. The molecule has 7 nitrogen and oxygen atoms in total. The Hall–Kier alpha value is -3.17. The van der Waals surface area contributed by atoms with Gasteiger partial charge in [0.25, 0.3) is 5.91 Å². The second-order valence-electron chi connectivity index (χ2n) is 5.21. The summed E-state index contributed by atoms with van der Waals surface area (Å²) in [6.45, 7) is -0.899. The lowest BCUT2D eigenvalue weighted by atomic mass is 10.3. The van der Waals surface area contributed by atoms with Gasteiger partial charge in [0.05, 0.1) is 5.69 Å². The lowest BCUT2D eigenvalue weighted by Gasteiger charge is -2.11. The predicted octanol–water partition coefficient (Wildman–Crippen LogP) is 1.38.